The lowest BCUT2D eigenvalue weighted by molar-refractivity contribution is 0.0799. The quantitative estimate of drug-likeness (QED) is 0.379. The van der Waals surface area contributed by atoms with Crippen LogP contribution in [0.1, 0.15) is 151 Å². The van der Waals surface area contributed by atoms with Crippen LogP contribution >= 0.6 is 0 Å². The summed E-state index contributed by atoms with van der Waals surface area (Å²) in [5.74, 6) is 1.83. The van der Waals surface area contributed by atoms with E-state index >= 15 is 0 Å². The highest BCUT2D eigenvalue weighted by Gasteiger charge is 2.27. The normalized spacial score (nSPS) is 22.8. The molecule has 0 aliphatic heterocycles. The number of nitrogens with two attached hydrogens (primary N) is 1. The second-order valence-electron chi connectivity index (χ2n) is 11.0. The van der Waals surface area contributed by atoms with E-state index in [0.29, 0.717) is 5.82 Å². The summed E-state index contributed by atoms with van der Waals surface area (Å²) in [6.45, 7) is 2.29. The molecule has 0 spiro atoms. The molecular formula is C29H51N3O. The number of unbranched alkanes of at least 4 members (excludes halogenated alkanes) is 6. The number of rotatable bonds is 9. The van der Waals surface area contributed by atoms with Crippen LogP contribution in [0, 0.1) is 11.8 Å². The number of anilines is 1. The molecule has 4 nitrogen and oxygen atoms in total. The average Bonchev–Trinajstić information content (AvgIpc) is 3.16. The molecule has 4 heteroatoms. The molecule has 2 aliphatic rings. The lowest BCUT2D eigenvalue weighted by Gasteiger charge is -2.20. The van der Waals surface area contributed by atoms with Crippen LogP contribution in [0.2, 0.25) is 0 Å². The Balaban J connectivity index is 1.42. The number of nitrogen functional groups attached to an aromatic ring is 1. The molecule has 1 fully saturated rings. The molecule has 2 N–H and O–H groups in total. The van der Waals surface area contributed by atoms with Crippen LogP contribution in [-0.2, 0) is 12.8 Å². The summed E-state index contributed by atoms with van der Waals surface area (Å²) >= 11 is 0. The maximum Gasteiger partial charge on any atom is 0.251 e. The van der Waals surface area contributed by atoms with Gasteiger partial charge in [0.05, 0.1) is 5.69 Å². The molecule has 0 amide bonds. The Morgan fingerprint density at radius 1 is 0.818 bits per heavy atom. The van der Waals surface area contributed by atoms with Crippen molar-refractivity contribution in [1.82, 2.24) is 9.78 Å². The van der Waals surface area contributed by atoms with Gasteiger partial charge in [-0.2, -0.15) is 9.78 Å². The molecule has 0 aromatic carbocycles. The minimum atomic E-state index is 0.0941. The van der Waals surface area contributed by atoms with E-state index in [1.165, 1.54) is 116 Å². The molecule has 188 valence electrons. The average molecular weight is 458 g/mol. The SMILES string of the molecule is CCCCCCCCCC1CCCCCC(C(=O)n2nc3c(c2N)CCCC3)CCCCC1. The minimum Gasteiger partial charge on any atom is -0.383 e. The fourth-order valence-electron chi connectivity index (χ4n) is 6.13. The molecule has 0 bridgehead atoms. The van der Waals surface area contributed by atoms with Crippen LogP contribution in [0.3, 0.4) is 0 Å². The molecule has 0 radical (unpaired) electrons. The standard InChI is InChI=1S/C29H51N3O/c1-2-3-4-5-6-7-10-17-24-18-11-8-13-20-25(21-14-9-12-19-24)29(33)32-28(30)26-22-15-16-23-27(26)31-32/h24-25H,2-23,30H2,1H3. The Morgan fingerprint density at radius 3 is 2.09 bits per heavy atom. The van der Waals surface area contributed by atoms with Crippen molar-refractivity contribution < 1.29 is 4.79 Å². The summed E-state index contributed by atoms with van der Waals surface area (Å²) in [6.07, 6.45) is 28.0. The monoisotopic (exact) mass is 457 g/mol. The van der Waals surface area contributed by atoms with Crippen LogP contribution in [0.4, 0.5) is 5.82 Å². The zero-order valence-electron chi connectivity index (χ0n) is 21.6. The maximum absolute atomic E-state index is 13.4. The molecule has 0 unspecified atom stereocenters. The number of aryl methyl sites for hydroxylation is 1. The van der Waals surface area contributed by atoms with E-state index in [2.05, 4.69) is 12.0 Å². The summed E-state index contributed by atoms with van der Waals surface area (Å²) in [4.78, 5) is 13.4. The van der Waals surface area contributed by atoms with Gasteiger partial charge in [0.15, 0.2) is 0 Å². The van der Waals surface area contributed by atoms with E-state index in [4.69, 9.17) is 5.73 Å². The molecule has 1 aromatic rings. The third kappa shape index (κ3) is 8.44. The second-order valence-corrected chi connectivity index (χ2v) is 11.0. The molecule has 0 atom stereocenters. The highest BCUT2D eigenvalue weighted by atomic mass is 16.2. The minimum absolute atomic E-state index is 0.0941. The van der Waals surface area contributed by atoms with Crippen molar-refractivity contribution in [2.45, 2.75) is 148 Å². The van der Waals surface area contributed by atoms with E-state index in [0.717, 1.165) is 42.9 Å². The third-order valence-corrected chi connectivity index (χ3v) is 8.30. The number of nitrogens with zero attached hydrogens (tertiary/aromatic N) is 2. The van der Waals surface area contributed by atoms with Gasteiger partial charge in [-0.3, -0.25) is 4.79 Å². The van der Waals surface area contributed by atoms with Crippen molar-refractivity contribution in [3.05, 3.63) is 11.3 Å². The summed E-state index contributed by atoms with van der Waals surface area (Å²) in [5, 5.41) is 4.66. The fourth-order valence-corrected chi connectivity index (χ4v) is 6.13. The Labute approximate surface area is 203 Å². The first-order chi connectivity index (χ1) is 16.2. The number of carbonyl (C=O) groups excluding carboxylic acids is 1. The third-order valence-electron chi connectivity index (χ3n) is 8.30. The van der Waals surface area contributed by atoms with Crippen LogP contribution in [0.25, 0.3) is 0 Å². The van der Waals surface area contributed by atoms with Crippen LogP contribution in [0.5, 0.6) is 0 Å². The maximum atomic E-state index is 13.4. The number of carbonyl (C=O) groups is 1. The van der Waals surface area contributed by atoms with Gasteiger partial charge in [0.1, 0.15) is 5.82 Å². The van der Waals surface area contributed by atoms with Crippen molar-refractivity contribution in [2.75, 3.05) is 5.73 Å². The van der Waals surface area contributed by atoms with Crippen LogP contribution in [0.15, 0.2) is 0 Å². The number of hydrogen-bond acceptors (Lipinski definition) is 3. The molecule has 1 saturated carbocycles. The van der Waals surface area contributed by atoms with Gasteiger partial charge in [-0.15, -0.1) is 0 Å². The van der Waals surface area contributed by atoms with Gasteiger partial charge in [-0.05, 0) is 44.4 Å². The van der Waals surface area contributed by atoms with Gasteiger partial charge in [-0.1, -0.05) is 110 Å². The molecule has 1 aromatic heterocycles. The van der Waals surface area contributed by atoms with Crippen LogP contribution in [-0.4, -0.2) is 15.7 Å². The van der Waals surface area contributed by atoms with Gasteiger partial charge in [-0.25, -0.2) is 0 Å². The molecule has 0 saturated heterocycles. The predicted molar refractivity (Wildman–Crippen MR) is 140 cm³/mol. The van der Waals surface area contributed by atoms with Crippen molar-refractivity contribution in [3.63, 3.8) is 0 Å². The number of fused-ring (bicyclic) bond motifs is 1. The summed E-state index contributed by atoms with van der Waals surface area (Å²) in [7, 11) is 0. The predicted octanol–water partition coefficient (Wildman–Crippen LogP) is 8.27. The van der Waals surface area contributed by atoms with Crippen molar-refractivity contribution >= 4 is 11.7 Å². The zero-order chi connectivity index (χ0) is 23.3. The van der Waals surface area contributed by atoms with E-state index < -0.39 is 0 Å². The Hall–Kier alpha value is -1.32. The fraction of sp³-hybridized carbons (Fsp3) is 0.862. The smallest absolute Gasteiger partial charge is 0.251 e. The molecule has 1 heterocycles. The lowest BCUT2D eigenvalue weighted by Crippen LogP contribution is -2.25. The Bertz CT molecular complexity index is 681. The van der Waals surface area contributed by atoms with E-state index in [-0.39, 0.29) is 11.8 Å². The van der Waals surface area contributed by atoms with Gasteiger partial charge < -0.3 is 5.73 Å². The van der Waals surface area contributed by atoms with Gasteiger partial charge in [0, 0.05) is 11.5 Å². The summed E-state index contributed by atoms with van der Waals surface area (Å²) < 4.78 is 1.59. The van der Waals surface area contributed by atoms with Crippen molar-refractivity contribution in [1.29, 1.82) is 0 Å². The number of hydrogen-bond donors (Lipinski definition) is 1. The lowest BCUT2D eigenvalue weighted by atomic mass is 9.87. The summed E-state index contributed by atoms with van der Waals surface area (Å²) in [5.41, 5.74) is 8.60. The second kappa shape index (κ2) is 14.8. The summed E-state index contributed by atoms with van der Waals surface area (Å²) in [6, 6.07) is 0. The van der Waals surface area contributed by atoms with E-state index in [1.807, 2.05) is 0 Å². The van der Waals surface area contributed by atoms with E-state index in [9.17, 15) is 4.79 Å². The highest BCUT2D eigenvalue weighted by Crippen LogP contribution is 2.30. The Kier molecular flexibility index (Phi) is 11.8. The molecular weight excluding hydrogens is 406 g/mol. The Morgan fingerprint density at radius 2 is 1.42 bits per heavy atom. The first-order valence-electron chi connectivity index (χ1n) is 14.6. The van der Waals surface area contributed by atoms with Crippen molar-refractivity contribution in [3.8, 4) is 0 Å². The molecule has 2 aliphatic carbocycles. The van der Waals surface area contributed by atoms with Crippen LogP contribution < -0.4 is 5.73 Å². The van der Waals surface area contributed by atoms with Gasteiger partial charge >= 0.3 is 0 Å². The molecule has 33 heavy (non-hydrogen) atoms. The van der Waals surface area contributed by atoms with Crippen molar-refractivity contribution in [2.24, 2.45) is 11.8 Å². The van der Waals surface area contributed by atoms with Gasteiger partial charge in [0.2, 0.25) is 0 Å². The number of aromatic nitrogens is 2. The highest BCUT2D eigenvalue weighted by molar-refractivity contribution is 5.84. The molecule has 3 rings (SSSR count). The van der Waals surface area contributed by atoms with Gasteiger partial charge in [0.25, 0.3) is 5.91 Å². The largest absolute Gasteiger partial charge is 0.383 e. The first kappa shape index (κ1) is 26.3. The first-order valence-corrected chi connectivity index (χ1v) is 14.6. The zero-order valence-corrected chi connectivity index (χ0v) is 21.6. The van der Waals surface area contributed by atoms with E-state index in [1.54, 1.807) is 4.68 Å². The topological polar surface area (TPSA) is 60.9 Å².